The molecule has 31 heavy (non-hydrogen) atoms. The highest BCUT2D eigenvalue weighted by Crippen LogP contribution is 2.31. The molecule has 15 heteroatoms. The molecule has 2 heterocycles. The van der Waals surface area contributed by atoms with Crippen LogP contribution in [0.15, 0.2) is 43.2 Å². The van der Waals surface area contributed by atoms with Crippen molar-refractivity contribution in [2.75, 3.05) is 7.05 Å². The van der Waals surface area contributed by atoms with E-state index in [1.165, 1.54) is 7.05 Å². The zero-order valence-electron chi connectivity index (χ0n) is 15.9. The summed E-state index contributed by atoms with van der Waals surface area (Å²) in [6, 6.07) is 2.57. The van der Waals surface area contributed by atoms with Crippen LogP contribution in [0.3, 0.4) is 0 Å². The molecular weight excluding hydrogens is 468 g/mol. The number of quaternary nitrogens is 1. The second-order valence-corrected chi connectivity index (χ2v) is 7.17. The minimum Gasteiger partial charge on any atom is -0.292 e. The van der Waals surface area contributed by atoms with Gasteiger partial charge in [0, 0.05) is 30.7 Å². The molecule has 1 aliphatic heterocycles. The van der Waals surface area contributed by atoms with Crippen LogP contribution < -0.4 is 11.2 Å². The minimum atomic E-state index is -4.92. The van der Waals surface area contributed by atoms with E-state index in [-0.39, 0.29) is 37.8 Å². The monoisotopic (exact) mass is 479 g/mol. The molecule has 3 rings (SSSR count). The summed E-state index contributed by atoms with van der Waals surface area (Å²) in [4.78, 5) is 40.1. The molecule has 0 saturated heterocycles. The van der Waals surface area contributed by atoms with Crippen LogP contribution in [0, 0.1) is 0 Å². The third-order valence-electron chi connectivity index (χ3n) is 4.02. The van der Waals surface area contributed by atoms with Crippen molar-refractivity contribution in [3.05, 3.63) is 60.3 Å². The van der Waals surface area contributed by atoms with E-state index < -0.39 is 34.0 Å². The molecule has 0 amide bonds. The van der Waals surface area contributed by atoms with Gasteiger partial charge in [0.15, 0.2) is 7.05 Å². The van der Waals surface area contributed by atoms with Gasteiger partial charge in [-0.15, -0.1) is 0 Å². The summed E-state index contributed by atoms with van der Waals surface area (Å²) >= 11 is 12.3. The molecule has 164 valence electrons. The van der Waals surface area contributed by atoms with Crippen LogP contribution in [0.5, 0.6) is 0 Å². The Morgan fingerprint density at radius 3 is 2.39 bits per heavy atom. The number of nitrogens with zero attached hydrogens (tertiary/aromatic N) is 6. The summed E-state index contributed by atoms with van der Waals surface area (Å²) in [5.74, 6) is -0.836. The van der Waals surface area contributed by atoms with Crippen molar-refractivity contribution in [2.24, 2.45) is 22.5 Å². The SMILES string of the molecule is CC(=O)O[N+]1(C)N=NC(c2cc(-n3c(=O)cc(C(F)(F)F)n(C)c3=O)c(Cl)cc2Cl)=N1. The highest BCUT2D eigenvalue weighted by atomic mass is 35.5. The summed E-state index contributed by atoms with van der Waals surface area (Å²) in [6.07, 6.45) is -4.92. The number of amidine groups is 1. The Labute approximate surface area is 180 Å². The maximum absolute atomic E-state index is 13.1. The molecule has 0 N–H and O–H groups in total. The standard InChI is InChI=1S/C16H12Cl2F3N6O4/c1-7(28)31-27(3)23-14(22-24-27)8-4-11(10(18)5-9(8)17)26-13(29)6-12(16(19,20)21)25(2)15(26)30/h4-6H,1-3H3/q+1. The quantitative estimate of drug-likeness (QED) is 0.630. The topological polar surface area (TPSA) is 107 Å². The first-order valence-corrected chi connectivity index (χ1v) is 8.99. The summed E-state index contributed by atoms with van der Waals surface area (Å²) in [7, 11) is 2.15. The summed E-state index contributed by atoms with van der Waals surface area (Å²) in [6.45, 7) is 1.13. The van der Waals surface area contributed by atoms with Crippen molar-refractivity contribution >= 4 is 35.0 Å². The van der Waals surface area contributed by atoms with Gasteiger partial charge in [-0.25, -0.2) is 19.0 Å². The number of hydroxylamine groups is 1. The van der Waals surface area contributed by atoms with E-state index in [1.54, 1.807) is 0 Å². The Bertz CT molecular complexity index is 1280. The normalized spacial score (nSPS) is 18.3. The Morgan fingerprint density at radius 1 is 1.16 bits per heavy atom. The maximum atomic E-state index is 13.1. The van der Waals surface area contributed by atoms with Crippen molar-refractivity contribution in [1.82, 2.24) is 9.13 Å². The highest BCUT2D eigenvalue weighted by Gasteiger charge is 2.37. The minimum absolute atomic E-state index is 0.0143. The van der Waals surface area contributed by atoms with Gasteiger partial charge >= 0.3 is 17.8 Å². The second-order valence-electron chi connectivity index (χ2n) is 6.36. The lowest BCUT2D eigenvalue weighted by Gasteiger charge is -2.15. The maximum Gasteiger partial charge on any atom is 0.431 e. The second kappa shape index (κ2) is 7.59. The number of carbonyl (C=O) groups is 1. The molecule has 1 aromatic carbocycles. The number of carbonyl (C=O) groups excluding carboxylic acids is 1. The lowest BCUT2D eigenvalue weighted by molar-refractivity contribution is -1.09. The molecule has 0 fully saturated rings. The molecule has 1 aliphatic rings. The molecule has 1 unspecified atom stereocenters. The number of halogens is 5. The van der Waals surface area contributed by atoms with Gasteiger partial charge < -0.3 is 0 Å². The van der Waals surface area contributed by atoms with Gasteiger partial charge in [-0.1, -0.05) is 28.3 Å². The van der Waals surface area contributed by atoms with E-state index in [4.69, 9.17) is 28.0 Å². The number of hydrogen-bond acceptors (Lipinski definition) is 7. The fourth-order valence-corrected chi connectivity index (χ4v) is 3.28. The molecule has 0 bridgehead atoms. The molecule has 0 radical (unpaired) electrons. The molecule has 0 spiro atoms. The van der Waals surface area contributed by atoms with Crippen LogP contribution >= 0.6 is 23.2 Å². The number of hydrogen-bond donors (Lipinski definition) is 0. The van der Waals surface area contributed by atoms with Gasteiger partial charge in [0.2, 0.25) is 0 Å². The van der Waals surface area contributed by atoms with Crippen LogP contribution in [0.25, 0.3) is 5.69 Å². The third-order valence-corrected chi connectivity index (χ3v) is 4.63. The third kappa shape index (κ3) is 4.24. The first-order valence-electron chi connectivity index (χ1n) is 8.24. The van der Waals surface area contributed by atoms with Crippen molar-refractivity contribution < 1.29 is 27.7 Å². The van der Waals surface area contributed by atoms with Crippen LogP contribution in [0.1, 0.15) is 18.2 Å². The summed E-state index contributed by atoms with van der Waals surface area (Å²) in [5, 5.41) is 11.2. The predicted octanol–water partition coefficient (Wildman–Crippen LogP) is 2.83. The van der Waals surface area contributed by atoms with Crippen LogP contribution in [0.4, 0.5) is 13.2 Å². The highest BCUT2D eigenvalue weighted by molar-refractivity contribution is 6.38. The average molecular weight is 480 g/mol. The van der Waals surface area contributed by atoms with Gasteiger partial charge in [0.25, 0.3) is 11.4 Å². The zero-order chi connectivity index (χ0) is 23.3. The van der Waals surface area contributed by atoms with Gasteiger partial charge in [-0.05, 0) is 12.1 Å². The Kier molecular flexibility index (Phi) is 5.54. The van der Waals surface area contributed by atoms with Gasteiger partial charge in [-0.3, -0.25) is 9.36 Å². The lowest BCUT2D eigenvalue weighted by atomic mass is 10.1. The number of aromatic nitrogens is 2. The van der Waals surface area contributed by atoms with E-state index >= 15 is 0 Å². The van der Waals surface area contributed by atoms with E-state index in [2.05, 4.69) is 15.4 Å². The molecule has 1 aromatic heterocycles. The molecule has 1 atom stereocenters. The zero-order valence-corrected chi connectivity index (χ0v) is 17.5. The molecule has 0 aliphatic carbocycles. The number of rotatable bonds is 3. The van der Waals surface area contributed by atoms with Crippen molar-refractivity contribution in [2.45, 2.75) is 13.1 Å². The molecule has 10 nitrogen and oxygen atoms in total. The average Bonchev–Trinajstić information content (AvgIpc) is 2.99. The molecule has 2 aromatic rings. The van der Waals surface area contributed by atoms with E-state index in [1.807, 2.05) is 0 Å². The van der Waals surface area contributed by atoms with Crippen molar-refractivity contribution in [3.63, 3.8) is 0 Å². The van der Waals surface area contributed by atoms with Crippen LogP contribution in [-0.2, 0) is 22.9 Å². The van der Waals surface area contributed by atoms with E-state index in [9.17, 15) is 27.6 Å². The van der Waals surface area contributed by atoms with E-state index in [0.29, 0.717) is 4.57 Å². The smallest absolute Gasteiger partial charge is 0.292 e. The summed E-state index contributed by atoms with van der Waals surface area (Å²) in [5.41, 5.74) is -4.20. The van der Waals surface area contributed by atoms with Crippen molar-refractivity contribution in [3.8, 4) is 5.69 Å². The molecule has 0 saturated carbocycles. The van der Waals surface area contributed by atoms with Gasteiger partial charge in [0.1, 0.15) is 15.8 Å². The van der Waals surface area contributed by atoms with Crippen molar-refractivity contribution in [1.29, 1.82) is 0 Å². The first kappa shape index (κ1) is 22.7. The largest absolute Gasteiger partial charge is 0.431 e. The number of benzene rings is 1. The van der Waals surface area contributed by atoms with Gasteiger partial charge in [-0.2, -0.15) is 13.2 Å². The Hall–Kier alpha value is -3.03. The summed E-state index contributed by atoms with van der Waals surface area (Å²) < 4.78 is 40.0. The first-order chi connectivity index (χ1) is 14.2. The Morgan fingerprint density at radius 2 is 1.81 bits per heavy atom. The number of alkyl halides is 3. The van der Waals surface area contributed by atoms with E-state index in [0.717, 1.165) is 26.1 Å². The molecular formula is C16H12Cl2F3N6O4+. The predicted molar refractivity (Wildman–Crippen MR) is 102 cm³/mol. The fraction of sp³-hybridized carbons (Fsp3) is 0.250. The van der Waals surface area contributed by atoms with Crippen LogP contribution in [-0.4, -0.2) is 32.9 Å². The lowest BCUT2D eigenvalue weighted by Crippen LogP contribution is -2.40. The van der Waals surface area contributed by atoms with Gasteiger partial charge in [0.05, 0.1) is 15.7 Å². The fourth-order valence-electron chi connectivity index (χ4n) is 2.73. The van der Waals surface area contributed by atoms with Crippen LogP contribution in [0.2, 0.25) is 10.0 Å². The Balaban J connectivity index is 2.21.